The quantitative estimate of drug-likeness (QED) is 0.799. The first-order chi connectivity index (χ1) is 10.0. The van der Waals surface area contributed by atoms with Crippen LogP contribution in [0.15, 0.2) is 22.8 Å². The summed E-state index contributed by atoms with van der Waals surface area (Å²) in [6.07, 6.45) is 5.20. The Hall–Kier alpha value is -0.790. The molecule has 1 aromatic rings. The van der Waals surface area contributed by atoms with E-state index < -0.39 is 0 Å². The van der Waals surface area contributed by atoms with E-state index in [9.17, 15) is 4.79 Å². The number of thiol groups is 1. The van der Waals surface area contributed by atoms with Gasteiger partial charge in [-0.15, -0.1) is 0 Å². The number of nitrogens with zero attached hydrogens (tertiary/aromatic N) is 3. The number of rotatable bonds is 3. The number of nitrogens with one attached hydrogen (secondary N) is 1. The van der Waals surface area contributed by atoms with Crippen molar-refractivity contribution in [2.24, 2.45) is 0 Å². The maximum Gasteiger partial charge on any atom is 0.334 e. The van der Waals surface area contributed by atoms with Crippen molar-refractivity contribution in [1.29, 1.82) is 0 Å². The average Bonchev–Trinajstić information content (AvgIpc) is 2.49. The van der Waals surface area contributed by atoms with Gasteiger partial charge in [0, 0.05) is 23.3 Å². The minimum Gasteiger partial charge on any atom is -0.284 e. The van der Waals surface area contributed by atoms with Crippen LogP contribution in [0.3, 0.4) is 0 Å². The van der Waals surface area contributed by atoms with Crippen molar-refractivity contribution in [2.75, 3.05) is 11.4 Å². The van der Waals surface area contributed by atoms with Crippen molar-refractivity contribution in [3.63, 3.8) is 0 Å². The Balaban J connectivity index is 2.26. The second-order valence-corrected chi connectivity index (χ2v) is 6.48. The van der Waals surface area contributed by atoms with Crippen LogP contribution in [-0.4, -0.2) is 34.7 Å². The number of hydrogen-bond donors (Lipinski definition) is 2. The van der Waals surface area contributed by atoms with E-state index >= 15 is 0 Å². The molecule has 1 aliphatic rings. The summed E-state index contributed by atoms with van der Waals surface area (Å²) in [6, 6.07) is 3.91. The number of carbonyl (C=O) groups excluding carboxylic acids is 1. The zero-order valence-electron chi connectivity index (χ0n) is 12.3. The highest BCUT2D eigenvalue weighted by Crippen LogP contribution is 2.24. The second-order valence-electron chi connectivity index (χ2n) is 5.34. The van der Waals surface area contributed by atoms with Crippen LogP contribution >= 0.6 is 28.7 Å². The zero-order chi connectivity index (χ0) is 15.4. The zero-order valence-corrected chi connectivity index (χ0v) is 14.8. The molecule has 7 heteroatoms. The van der Waals surface area contributed by atoms with E-state index in [2.05, 4.69) is 50.3 Å². The molecule has 1 aliphatic heterocycles. The van der Waals surface area contributed by atoms with Crippen LogP contribution in [0.1, 0.15) is 33.1 Å². The van der Waals surface area contributed by atoms with Gasteiger partial charge in [-0.2, -0.15) is 0 Å². The maximum atomic E-state index is 12.2. The number of hydrogen-bond acceptors (Lipinski definition) is 4. The topological polar surface area (TPSA) is 48.5 Å². The summed E-state index contributed by atoms with van der Waals surface area (Å²) in [7, 11) is 0. The maximum absolute atomic E-state index is 12.2. The number of amides is 2. The number of anilines is 1. The number of piperidine rings is 1. The van der Waals surface area contributed by atoms with Gasteiger partial charge in [-0.3, -0.25) is 14.5 Å². The van der Waals surface area contributed by atoms with Gasteiger partial charge in [-0.1, -0.05) is 19.2 Å². The van der Waals surface area contributed by atoms with Crippen LogP contribution in [0.5, 0.6) is 0 Å². The van der Waals surface area contributed by atoms with Gasteiger partial charge in [0.05, 0.1) is 6.17 Å². The molecular weight excluding hydrogens is 352 g/mol. The van der Waals surface area contributed by atoms with Crippen molar-refractivity contribution in [3.8, 4) is 0 Å². The first-order valence-electron chi connectivity index (χ1n) is 7.15. The van der Waals surface area contributed by atoms with E-state index in [0.29, 0.717) is 11.9 Å². The van der Waals surface area contributed by atoms with E-state index in [1.165, 1.54) is 12.8 Å². The number of pyridine rings is 1. The predicted octanol–water partition coefficient (Wildman–Crippen LogP) is 3.43. The van der Waals surface area contributed by atoms with Crippen LogP contribution in [0.4, 0.5) is 10.6 Å². The third-order valence-electron chi connectivity index (χ3n) is 3.98. The number of halogens is 1. The summed E-state index contributed by atoms with van der Waals surface area (Å²) in [5.41, 5.74) is 0. The molecule has 0 aromatic carbocycles. The molecule has 116 valence electrons. The molecule has 1 fully saturated rings. The third kappa shape index (κ3) is 3.90. The predicted molar refractivity (Wildman–Crippen MR) is 91.4 cm³/mol. The largest absolute Gasteiger partial charge is 0.334 e. The molecule has 0 saturated carbocycles. The Bertz CT molecular complexity index is 484. The van der Waals surface area contributed by atoms with Crippen LogP contribution in [0.25, 0.3) is 0 Å². The lowest BCUT2D eigenvalue weighted by Gasteiger charge is -2.42. The summed E-state index contributed by atoms with van der Waals surface area (Å²) in [4.78, 5) is 20.6. The van der Waals surface area contributed by atoms with Crippen molar-refractivity contribution < 1.29 is 4.79 Å². The molecule has 2 unspecified atom stereocenters. The molecule has 1 N–H and O–H groups in total. The molecule has 2 rings (SSSR count). The van der Waals surface area contributed by atoms with Crippen molar-refractivity contribution in [3.05, 3.63) is 22.8 Å². The smallest absolute Gasteiger partial charge is 0.284 e. The highest BCUT2D eigenvalue weighted by Gasteiger charge is 2.31. The average molecular weight is 373 g/mol. The Morgan fingerprint density at radius 2 is 2.33 bits per heavy atom. The van der Waals surface area contributed by atoms with Crippen molar-refractivity contribution >= 4 is 40.6 Å². The van der Waals surface area contributed by atoms with Crippen LogP contribution in [0, 0.1) is 0 Å². The van der Waals surface area contributed by atoms with Gasteiger partial charge in [-0.25, -0.2) is 9.78 Å². The molecule has 0 radical (unpaired) electrons. The van der Waals surface area contributed by atoms with Crippen molar-refractivity contribution in [1.82, 2.24) is 14.6 Å². The monoisotopic (exact) mass is 372 g/mol. The Morgan fingerprint density at radius 1 is 1.57 bits per heavy atom. The van der Waals surface area contributed by atoms with Crippen LogP contribution in [-0.2, 0) is 0 Å². The Morgan fingerprint density at radius 3 is 2.90 bits per heavy atom. The standard InChI is InChI=1S/C14H21BrN4OS/c1-10-5-3-4-8-18(10)11(2)19(14(20)17-21)13-7-6-12(15)9-16-13/h6-7,9-11,21H,3-5,8H2,1-2H3,(H,17,20). The van der Waals surface area contributed by atoms with Gasteiger partial charge in [0.15, 0.2) is 0 Å². The Kier molecular flexibility index (Phi) is 5.89. The lowest BCUT2D eigenvalue weighted by Crippen LogP contribution is -2.55. The molecule has 0 spiro atoms. The molecular formula is C14H21BrN4OS. The molecule has 0 bridgehead atoms. The first kappa shape index (κ1) is 16.6. The minimum atomic E-state index is -0.265. The fourth-order valence-electron chi connectivity index (χ4n) is 2.85. The number of carbonyl (C=O) groups is 1. The molecule has 2 atom stereocenters. The van der Waals surface area contributed by atoms with Crippen molar-refractivity contribution in [2.45, 2.75) is 45.3 Å². The third-order valence-corrected chi connectivity index (χ3v) is 4.64. The van der Waals surface area contributed by atoms with E-state index in [4.69, 9.17) is 0 Å². The van der Waals surface area contributed by atoms with Crippen LogP contribution < -0.4 is 9.62 Å². The normalized spacial score (nSPS) is 20.9. The first-order valence-corrected chi connectivity index (χ1v) is 8.39. The molecule has 5 nitrogen and oxygen atoms in total. The summed E-state index contributed by atoms with van der Waals surface area (Å²) in [5, 5.41) is 0. The van der Waals surface area contributed by atoms with E-state index in [0.717, 1.165) is 17.4 Å². The van der Waals surface area contributed by atoms with Gasteiger partial charge in [0.1, 0.15) is 5.82 Å². The van der Waals surface area contributed by atoms with Gasteiger partial charge in [0.2, 0.25) is 0 Å². The van der Waals surface area contributed by atoms with Gasteiger partial charge >= 0.3 is 6.03 Å². The van der Waals surface area contributed by atoms with E-state index in [1.807, 2.05) is 19.1 Å². The molecule has 0 aliphatic carbocycles. The van der Waals surface area contributed by atoms with E-state index in [1.54, 1.807) is 11.1 Å². The highest BCUT2D eigenvalue weighted by atomic mass is 79.9. The van der Waals surface area contributed by atoms with Crippen LogP contribution in [0.2, 0.25) is 0 Å². The fraction of sp³-hybridized carbons (Fsp3) is 0.571. The molecule has 1 aromatic heterocycles. The highest BCUT2D eigenvalue weighted by molar-refractivity contribution is 9.10. The second kappa shape index (κ2) is 7.47. The minimum absolute atomic E-state index is 0.0684. The number of likely N-dealkylation sites (tertiary alicyclic amines) is 1. The lowest BCUT2D eigenvalue weighted by molar-refractivity contribution is 0.113. The molecule has 2 heterocycles. The fourth-order valence-corrected chi connectivity index (χ4v) is 3.20. The summed E-state index contributed by atoms with van der Waals surface area (Å²) in [6.45, 7) is 5.24. The lowest BCUT2D eigenvalue weighted by atomic mass is 10.0. The summed E-state index contributed by atoms with van der Waals surface area (Å²) in [5.74, 6) is 0.620. The van der Waals surface area contributed by atoms with Gasteiger partial charge in [0.25, 0.3) is 0 Å². The van der Waals surface area contributed by atoms with Gasteiger partial charge < -0.3 is 0 Å². The molecule has 21 heavy (non-hydrogen) atoms. The van der Waals surface area contributed by atoms with E-state index in [-0.39, 0.29) is 12.2 Å². The number of urea groups is 1. The Labute approximate surface area is 139 Å². The summed E-state index contributed by atoms with van der Waals surface area (Å²) < 4.78 is 3.30. The van der Waals surface area contributed by atoms with Gasteiger partial charge in [-0.05, 0) is 54.8 Å². The molecule has 1 saturated heterocycles. The summed E-state index contributed by atoms with van der Waals surface area (Å²) >= 11 is 7.27. The SMILES string of the molecule is CC1CCCCN1C(C)N(C(=O)NS)c1ccc(Br)cn1. The number of aromatic nitrogens is 1. The molecule has 2 amide bonds.